The van der Waals surface area contributed by atoms with E-state index in [-0.39, 0.29) is 11.8 Å². The highest BCUT2D eigenvalue weighted by Crippen LogP contribution is 2.17. The Labute approximate surface area is 107 Å². The van der Waals surface area contributed by atoms with Crippen molar-refractivity contribution in [1.29, 1.82) is 0 Å². The Morgan fingerprint density at radius 1 is 1.29 bits per heavy atom. The number of nitrogens with one attached hydrogen (secondary N) is 2. The van der Waals surface area contributed by atoms with Crippen LogP contribution in [0.1, 0.15) is 17.3 Å². The van der Waals surface area contributed by atoms with E-state index in [0.717, 1.165) is 0 Å². The molecule has 1 rings (SSSR count). The number of hydrogen-bond acceptors (Lipinski definition) is 2. The average molecular weight is 303 g/mol. The zero-order chi connectivity index (χ0) is 12.8. The van der Waals surface area contributed by atoms with Gasteiger partial charge in [-0.05, 0) is 34.1 Å². The van der Waals surface area contributed by atoms with Gasteiger partial charge in [-0.3, -0.25) is 9.59 Å². The van der Waals surface area contributed by atoms with E-state index in [1.165, 1.54) is 25.1 Å². The summed E-state index contributed by atoms with van der Waals surface area (Å²) in [5.74, 6) is -0.879. The number of rotatable bonds is 4. The highest BCUT2D eigenvalue weighted by Gasteiger charge is 2.09. The van der Waals surface area contributed by atoms with Crippen LogP contribution in [0.5, 0.6) is 0 Å². The third-order valence-corrected chi connectivity index (χ3v) is 2.62. The van der Waals surface area contributed by atoms with Gasteiger partial charge < -0.3 is 10.6 Å². The lowest BCUT2D eigenvalue weighted by molar-refractivity contribution is -0.118. The molecule has 4 nitrogen and oxygen atoms in total. The molecule has 2 amide bonds. The number of halogens is 2. The van der Waals surface area contributed by atoms with Gasteiger partial charge in [0.2, 0.25) is 5.91 Å². The van der Waals surface area contributed by atoms with Crippen molar-refractivity contribution in [1.82, 2.24) is 10.6 Å². The highest BCUT2D eigenvalue weighted by molar-refractivity contribution is 9.10. The minimum atomic E-state index is -0.410. The van der Waals surface area contributed by atoms with Crippen molar-refractivity contribution in [2.75, 3.05) is 13.1 Å². The molecule has 0 saturated heterocycles. The molecule has 0 bridgehead atoms. The summed E-state index contributed by atoms with van der Waals surface area (Å²) in [6, 6.07) is 3.84. The summed E-state index contributed by atoms with van der Waals surface area (Å²) >= 11 is 3.11. The lowest BCUT2D eigenvalue weighted by Gasteiger charge is -2.07. The molecule has 92 valence electrons. The van der Waals surface area contributed by atoms with Crippen molar-refractivity contribution in [2.45, 2.75) is 6.92 Å². The Morgan fingerprint density at radius 2 is 1.94 bits per heavy atom. The van der Waals surface area contributed by atoms with Crippen LogP contribution in [0.2, 0.25) is 0 Å². The fourth-order valence-corrected chi connectivity index (χ4v) is 1.71. The molecule has 0 saturated carbocycles. The minimum absolute atomic E-state index is 0.151. The molecule has 1 aromatic carbocycles. The Morgan fingerprint density at radius 3 is 2.53 bits per heavy atom. The molecule has 0 aliphatic rings. The second kappa shape index (κ2) is 6.34. The standard InChI is InChI=1S/C11H12BrFN2O2/c1-7(16)14-4-5-15-11(17)9-3-2-8(13)6-10(9)12/h2-3,6H,4-5H2,1H3,(H,14,16)(H,15,17). The van der Waals surface area contributed by atoms with Crippen molar-refractivity contribution in [3.8, 4) is 0 Å². The summed E-state index contributed by atoms with van der Waals surface area (Å²) in [7, 11) is 0. The van der Waals surface area contributed by atoms with Crippen LogP contribution < -0.4 is 10.6 Å². The smallest absolute Gasteiger partial charge is 0.252 e. The summed E-state index contributed by atoms with van der Waals surface area (Å²) in [6.07, 6.45) is 0. The predicted molar refractivity (Wildman–Crippen MR) is 65.1 cm³/mol. The second-order valence-electron chi connectivity index (χ2n) is 3.36. The molecule has 0 unspecified atom stereocenters. The monoisotopic (exact) mass is 302 g/mol. The minimum Gasteiger partial charge on any atom is -0.355 e. The molecule has 0 radical (unpaired) electrons. The van der Waals surface area contributed by atoms with E-state index >= 15 is 0 Å². The van der Waals surface area contributed by atoms with Crippen LogP contribution in [-0.2, 0) is 4.79 Å². The van der Waals surface area contributed by atoms with Gasteiger partial charge in [0.25, 0.3) is 5.91 Å². The van der Waals surface area contributed by atoms with Crippen molar-refractivity contribution < 1.29 is 14.0 Å². The van der Waals surface area contributed by atoms with Crippen molar-refractivity contribution in [3.63, 3.8) is 0 Å². The van der Waals surface area contributed by atoms with Crippen LogP contribution in [-0.4, -0.2) is 24.9 Å². The van der Waals surface area contributed by atoms with Crippen LogP contribution in [0.4, 0.5) is 4.39 Å². The van der Waals surface area contributed by atoms with E-state index in [4.69, 9.17) is 0 Å². The van der Waals surface area contributed by atoms with Gasteiger partial charge in [-0.15, -0.1) is 0 Å². The lowest BCUT2D eigenvalue weighted by atomic mass is 10.2. The maximum absolute atomic E-state index is 12.8. The number of benzene rings is 1. The van der Waals surface area contributed by atoms with Crippen LogP contribution in [0, 0.1) is 5.82 Å². The first-order valence-corrected chi connectivity index (χ1v) is 5.77. The van der Waals surface area contributed by atoms with Gasteiger partial charge in [0.1, 0.15) is 5.82 Å². The van der Waals surface area contributed by atoms with Crippen molar-refractivity contribution in [2.24, 2.45) is 0 Å². The Kier molecular flexibility index (Phi) is 5.09. The number of hydrogen-bond donors (Lipinski definition) is 2. The van der Waals surface area contributed by atoms with E-state index in [0.29, 0.717) is 23.1 Å². The molecular formula is C11H12BrFN2O2. The van der Waals surface area contributed by atoms with E-state index in [9.17, 15) is 14.0 Å². The topological polar surface area (TPSA) is 58.2 Å². The maximum atomic E-state index is 12.8. The summed E-state index contributed by atoms with van der Waals surface area (Å²) in [5, 5.41) is 5.16. The molecule has 0 aromatic heterocycles. The molecular weight excluding hydrogens is 291 g/mol. The van der Waals surface area contributed by atoms with E-state index in [2.05, 4.69) is 26.6 Å². The zero-order valence-electron chi connectivity index (χ0n) is 9.22. The first-order chi connectivity index (χ1) is 8.00. The maximum Gasteiger partial charge on any atom is 0.252 e. The van der Waals surface area contributed by atoms with Gasteiger partial charge >= 0.3 is 0 Å². The molecule has 0 atom stereocenters. The summed E-state index contributed by atoms with van der Waals surface area (Å²) in [6.45, 7) is 2.08. The quantitative estimate of drug-likeness (QED) is 0.827. The van der Waals surface area contributed by atoms with E-state index in [1.807, 2.05) is 0 Å². The zero-order valence-corrected chi connectivity index (χ0v) is 10.8. The fraction of sp³-hybridized carbons (Fsp3) is 0.273. The van der Waals surface area contributed by atoms with E-state index < -0.39 is 5.82 Å². The van der Waals surface area contributed by atoms with Gasteiger partial charge in [0.05, 0.1) is 5.56 Å². The Hall–Kier alpha value is -1.43. The van der Waals surface area contributed by atoms with Gasteiger partial charge in [-0.2, -0.15) is 0 Å². The third-order valence-electron chi connectivity index (χ3n) is 1.96. The molecule has 0 fully saturated rings. The molecule has 1 aromatic rings. The molecule has 0 aliphatic carbocycles. The molecule has 0 heterocycles. The van der Waals surface area contributed by atoms with Gasteiger partial charge in [0, 0.05) is 24.5 Å². The van der Waals surface area contributed by atoms with Crippen molar-refractivity contribution in [3.05, 3.63) is 34.1 Å². The third kappa shape index (κ3) is 4.52. The summed E-state index contributed by atoms with van der Waals surface area (Å²) in [4.78, 5) is 22.2. The van der Waals surface area contributed by atoms with Gasteiger partial charge in [-0.25, -0.2) is 4.39 Å². The fourth-order valence-electron chi connectivity index (χ4n) is 1.18. The first-order valence-electron chi connectivity index (χ1n) is 4.98. The molecule has 6 heteroatoms. The Bertz CT molecular complexity index is 437. The van der Waals surface area contributed by atoms with Gasteiger partial charge in [0.15, 0.2) is 0 Å². The molecule has 2 N–H and O–H groups in total. The SMILES string of the molecule is CC(=O)NCCNC(=O)c1ccc(F)cc1Br. The highest BCUT2D eigenvalue weighted by atomic mass is 79.9. The van der Waals surface area contributed by atoms with Gasteiger partial charge in [-0.1, -0.05) is 0 Å². The number of amides is 2. The summed E-state index contributed by atoms with van der Waals surface area (Å²) in [5.41, 5.74) is 0.356. The van der Waals surface area contributed by atoms with Crippen LogP contribution >= 0.6 is 15.9 Å². The first kappa shape index (κ1) is 13.6. The number of carbonyl (C=O) groups excluding carboxylic acids is 2. The molecule has 0 aliphatic heterocycles. The van der Waals surface area contributed by atoms with Crippen LogP contribution in [0.15, 0.2) is 22.7 Å². The predicted octanol–water partition coefficient (Wildman–Crippen LogP) is 1.45. The van der Waals surface area contributed by atoms with Crippen LogP contribution in [0.3, 0.4) is 0 Å². The average Bonchev–Trinajstić information content (AvgIpc) is 2.23. The van der Waals surface area contributed by atoms with Crippen molar-refractivity contribution >= 4 is 27.7 Å². The Balaban J connectivity index is 2.50. The second-order valence-corrected chi connectivity index (χ2v) is 4.22. The largest absolute Gasteiger partial charge is 0.355 e. The number of carbonyl (C=O) groups is 2. The molecule has 17 heavy (non-hydrogen) atoms. The summed E-state index contributed by atoms with van der Waals surface area (Å²) < 4.78 is 13.2. The lowest BCUT2D eigenvalue weighted by Crippen LogP contribution is -2.33. The van der Waals surface area contributed by atoms with Crippen LogP contribution in [0.25, 0.3) is 0 Å². The normalized spacial score (nSPS) is 9.82. The van der Waals surface area contributed by atoms with E-state index in [1.54, 1.807) is 0 Å². The molecule has 0 spiro atoms.